The number of fused-ring (bicyclic) bond motifs is 1. The number of aromatic nitrogens is 1. The number of hydrogen-bond donors (Lipinski definition) is 1. The summed E-state index contributed by atoms with van der Waals surface area (Å²) < 4.78 is 11.7. The second-order valence-electron chi connectivity index (χ2n) is 3.98. The van der Waals surface area contributed by atoms with Gasteiger partial charge >= 0.3 is 5.97 Å². The summed E-state index contributed by atoms with van der Waals surface area (Å²) >= 11 is 0. The molecule has 19 heavy (non-hydrogen) atoms. The van der Waals surface area contributed by atoms with Gasteiger partial charge in [-0.05, 0) is 6.07 Å². The van der Waals surface area contributed by atoms with E-state index in [1.165, 1.54) is 18.8 Å². The molecule has 0 unspecified atom stereocenters. The minimum Gasteiger partial charge on any atom is -0.493 e. The maximum Gasteiger partial charge on any atom is 0.352 e. The molecule has 1 aromatic carbocycles. The van der Waals surface area contributed by atoms with Crippen molar-refractivity contribution < 1.29 is 19.4 Å². The monoisotopic (exact) mass is 263 g/mol. The first-order valence-corrected chi connectivity index (χ1v) is 5.48. The van der Waals surface area contributed by atoms with Crippen molar-refractivity contribution in [1.82, 2.24) is 4.57 Å². The molecule has 0 amide bonds. The lowest BCUT2D eigenvalue weighted by Crippen LogP contribution is -2.15. The molecule has 0 saturated heterocycles. The summed E-state index contributed by atoms with van der Waals surface area (Å²) in [5.41, 5.74) is 0.0266. The molecule has 0 bridgehead atoms. The van der Waals surface area contributed by atoms with E-state index in [0.29, 0.717) is 22.4 Å². The topological polar surface area (TPSA) is 77.8 Å². The summed E-state index contributed by atoms with van der Waals surface area (Å²) in [6.07, 6.45) is 0. The molecular formula is C13H13NO5. The summed E-state index contributed by atoms with van der Waals surface area (Å²) in [7, 11) is 4.53. The number of benzene rings is 1. The smallest absolute Gasteiger partial charge is 0.352 e. The van der Waals surface area contributed by atoms with Gasteiger partial charge in [0.15, 0.2) is 16.9 Å². The Kier molecular flexibility index (Phi) is 3.16. The van der Waals surface area contributed by atoms with Gasteiger partial charge in [-0.2, -0.15) is 0 Å². The van der Waals surface area contributed by atoms with Crippen molar-refractivity contribution >= 4 is 16.9 Å². The number of rotatable bonds is 3. The molecular weight excluding hydrogens is 250 g/mol. The van der Waals surface area contributed by atoms with Gasteiger partial charge < -0.3 is 19.1 Å². The predicted octanol–water partition coefficient (Wildman–Crippen LogP) is 1.25. The van der Waals surface area contributed by atoms with E-state index in [1.54, 1.807) is 19.2 Å². The summed E-state index contributed by atoms with van der Waals surface area (Å²) in [5.74, 6) is -0.293. The summed E-state index contributed by atoms with van der Waals surface area (Å²) in [6.45, 7) is 0. The number of aromatic carboxylic acids is 1. The molecule has 0 spiro atoms. The second-order valence-corrected chi connectivity index (χ2v) is 3.98. The molecule has 0 aliphatic carbocycles. The number of carboxylic acid groups (broad SMARTS) is 1. The molecule has 0 radical (unpaired) electrons. The number of carbonyl (C=O) groups is 1. The van der Waals surface area contributed by atoms with Crippen molar-refractivity contribution in [2.45, 2.75) is 0 Å². The molecule has 1 N–H and O–H groups in total. The summed E-state index contributed by atoms with van der Waals surface area (Å²) in [4.78, 5) is 23.0. The first-order valence-electron chi connectivity index (χ1n) is 5.48. The van der Waals surface area contributed by atoms with Crippen LogP contribution in [0.15, 0.2) is 23.0 Å². The predicted molar refractivity (Wildman–Crippen MR) is 69.3 cm³/mol. The van der Waals surface area contributed by atoms with Crippen molar-refractivity contribution in [3.05, 3.63) is 34.1 Å². The van der Waals surface area contributed by atoms with Crippen LogP contribution in [0, 0.1) is 0 Å². The van der Waals surface area contributed by atoms with Gasteiger partial charge in [0.2, 0.25) is 0 Å². The molecule has 0 saturated carbocycles. The van der Waals surface area contributed by atoms with Crippen LogP contribution in [-0.2, 0) is 7.05 Å². The highest BCUT2D eigenvalue weighted by atomic mass is 16.5. The van der Waals surface area contributed by atoms with Crippen LogP contribution < -0.4 is 14.9 Å². The zero-order chi connectivity index (χ0) is 14.2. The third kappa shape index (κ3) is 2.01. The number of carboxylic acids is 1. The minimum absolute atomic E-state index is 0.0790. The number of aryl methyl sites for hydroxylation is 1. The van der Waals surface area contributed by atoms with Gasteiger partial charge in [-0.15, -0.1) is 0 Å². The number of ether oxygens (including phenoxy) is 2. The van der Waals surface area contributed by atoms with Crippen molar-refractivity contribution in [3.8, 4) is 11.5 Å². The summed E-state index contributed by atoms with van der Waals surface area (Å²) in [5, 5.41) is 9.44. The molecule has 1 aromatic heterocycles. The van der Waals surface area contributed by atoms with Crippen molar-refractivity contribution in [2.75, 3.05) is 14.2 Å². The first-order chi connectivity index (χ1) is 8.99. The van der Waals surface area contributed by atoms with E-state index in [2.05, 4.69) is 0 Å². The third-order valence-corrected chi connectivity index (χ3v) is 2.98. The fraction of sp³-hybridized carbons (Fsp3) is 0.231. The van der Waals surface area contributed by atoms with Crippen molar-refractivity contribution in [3.63, 3.8) is 0 Å². The molecule has 100 valence electrons. The van der Waals surface area contributed by atoms with Crippen LogP contribution in [0.25, 0.3) is 10.9 Å². The van der Waals surface area contributed by atoms with Crippen LogP contribution in [-0.4, -0.2) is 29.9 Å². The fourth-order valence-electron chi connectivity index (χ4n) is 1.98. The van der Waals surface area contributed by atoms with E-state index in [9.17, 15) is 9.59 Å². The average Bonchev–Trinajstić information content (AvgIpc) is 2.40. The highest BCUT2D eigenvalue weighted by Gasteiger charge is 2.15. The standard InChI is InChI=1S/C13H13NO5/c1-14-8-6-12(19-3)11(18-2)4-7(8)10(15)5-9(14)13(16)17/h4-6H,1-3H3,(H,16,17). The van der Waals surface area contributed by atoms with Gasteiger partial charge in [-0.25, -0.2) is 4.79 Å². The van der Waals surface area contributed by atoms with Crippen LogP contribution in [0.1, 0.15) is 10.5 Å². The Bertz CT molecular complexity index is 717. The van der Waals surface area contributed by atoms with Gasteiger partial charge in [0.1, 0.15) is 5.69 Å². The fourth-order valence-corrected chi connectivity index (χ4v) is 1.98. The molecule has 0 aliphatic heterocycles. The van der Waals surface area contributed by atoms with Crippen LogP contribution in [0.5, 0.6) is 11.5 Å². The lowest BCUT2D eigenvalue weighted by atomic mass is 10.1. The Hall–Kier alpha value is -2.50. The van der Waals surface area contributed by atoms with E-state index >= 15 is 0 Å². The summed E-state index contributed by atoms with van der Waals surface area (Å²) in [6, 6.07) is 4.22. The van der Waals surface area contributed by atoms with Crippen LogP contribution in [0.2, 0.25) is 0 Å². The van der Waals surface area contributed by atoms with E-state index in [1.807, 2.05) is 0 Å². The van der Waals surface area contributed by atoms with Crippen molar-refractivity contribution in [2.24, 2.45) is 7.05 Å². The quantitative estimate of drug-likeness (QED) is 0.901. The van der Waals surface area contributed by atoms with Crippen molar-refractivity contribution in [1.29, 1.82) is 0 Å². The second kappa shape index (κ2) is 4.64. The molecule has 2 aromatic rings. The van der Waals surface area contributed by atoms with Crippen LogP contribution in [0.3, 0.4) is 0 Å². The third-order valence-electron chi connectivity index (χ3n) is 2.98. The van der Waals surface area contributed by atoms with Gasteiger partial charge in [-0.1, -0.05) is 0 Å². The van der Waals surface area contributed by atoms with Gasteiger partial charge in [-0.3, -0.25) is 4.79 Å². The zero-order valence-corrected chi connectivity index (χ0v) is 10.8. The molecule has 0 aliphatic rings. The first kappa shape index (κ1) is 12.9. The number of methoxy groups -OCH3 is 2. The zero-order valence-electron chi connectivity index (χ0n) is 10.8. The van der Waals surface area contributed by atoms with Crippen LogP contribution >= 0.6 is 0 Å². The maximum atomic E-state index is 12.0. The molecule has 6 heteroatoms. The van der Waals surface area contributed by atoms with E-state index in [0.717, 1.165) is 6.07 Å². The Morgan fingerprint density at radius 3 is 2.26 bits per heavy atom. The Morgan fingerprint density at radius 2 is 1.74 bits per heavy atom. The SMILES string of the molecule is COc1cc2c(=O)cc(C(=O)O)n(C)c2cc1OC. The van der Waals surface area contributed by atoms with Gasteiger partial charge in [0, 0.05) is 24.6 Å². The molecule has 6 nitrogen and oxygen atoms in total. The lowest BCUT2D eigenvalue weighted by Gasteiger charge is -2.13. The maximum absolute atomic E-state index is 12.0. The minimum atomic E-state index is -1.16. The normalized spacial score (nSPS) is 10.5. The van der Waals surface area contributed by atoms with Crippen LogP contribution in [0.4, 0.5) is 0 Å². The average molecular weight is 263 g/mol. The number of nitrogens with zero attached hydrogens (tertiary/aromatic N) is 1. The number of hydrogen-bond acceptors (Lipinski definition) is 4. The number of pyridine rings is 1. The van der Waals surface area contributed by atoms with E-state index < -0.39 is 5.97 Å². The molecule has 0 atom stereocenters. The van der Waals surface area contributed by atoms with Gasteiger partial charge in [0.25, 0.3) is 0 Å². The Morgan fingerprint density at radius 1 is 1.16 bits per heavy atom. The highest BCUT2D eigenvalue weighted by Crippen LogP contribution is 2.30. The Balaban J connectivity index is 2.92. The van der Waals surface area contributed by atoms with E-state index in [4.69, 9.17) is 14.6 Å². The largest absolute Gasteiger partial charge is 0.493 e. The Labute approximate surface area is 108 Å². The highest BCUT2D eigenvalue weighted by molar-refractivity contribution is 5.91. The lowest BCUT2D eigenvalue weighted by molar-refractivity contribution is 0.0686. The molecule has 1 heterocycles. The van der Waals surface area contributed by atoms with E-state index in [-0.39, 0.29) is 11.1 Å². The van der Waals surface area contributed by atoms with Gasteiger partial charge in [0.05, 0.1) is 19.7 Å². The molecule has 2 rings (SSSR count). The molecule has 0 fully saturated rings.